The van der Waals surface area contributed by atoms with Gasteiger partial charge in [0.1, 0.15) is 11.9 Å². The molecule has 0 aromatic carbocycles. The van der Waals surface area contributed by atoms with Gasteiger partial charge in [-0.05, 0) is 62.2 Å². The van der Waals surface area contributed by atoms with Crippen molar-refractivity contribution in [3.63, 3.8) is 0 Å². The molecule has 0 saturated heterocycles. The van der Waals surface area contributed by atoms with Crippen molar-refractivity contribution >= 4 is 34.7 Å². The lowest BCUT2D eigenvalue weighted by Gasteiger charge is -2.61. The molecule has 3 aliphatic carbocycles. The lowest BCUT2D eigenvalue weighted by Crippen LogP contribution is -2.63. The predicted octanol–water partition coefficient (Wildman–Crippen LogP) is 5.45. The fourth-order valence-corrected chi connectivity index (χ4v) is 9.34. The van der Waals surface area contributed by atoms with Crippen molar-refractivity contribution in [2.24, 2.45) is 44.9 Å². The lowest BCUT2D eigenvalue weighted by atomic mass is 9.44. The fraction of sp³-hybridized carbons (Fsp3) is 0.758. The number of nitrogens with zero attached hydrogens (tertiary/aromatic N) is 1. The maximum atomic E-state index is 13.6. The highest BCUT2D eigenvalue weighted by atomic mass is 32.2. The van der Waals surface area contributed by atoms with Crippen LogP contribution in [0, 0.1) is 39.9 Å². The Labute approximate surface area is 255 Å². The van der Waals surface area contributed by atoms with Crippen LogP contribution >= 0.6 is 11.8 Å². The zero-order chi connectivity index (χ0) is 31.2. The van der Waals surface area contributed by atoms with Crippen LogP contribution in [0.5, 0.6) is 0 Å². The molecule has 0 radical (unpaired) electrons. The number of hydrogen-bond donors (Lipinski definition) is 2. The average Bonchev–Trinajstić information content (AvgIpc) is 3.29. The molecule has 1 heterocycles. The van der Waals surface area contributed by atoms with Crippen LogP contribution in [0.25, 0.3) is 0 Å². The van der Waals surface area contributed by atoms with E-state index in [1.165, 1.54) is 18.9 Å². The fourth-order valence-electron chi connectivity index (χ4n) is 8.59. The van der Waals surface area contributed by atoms with E-state index in [1.807, 2.05) is 19.9 Å². The number of carbonyl (C=O) groups is 3. The number of methoxy groups -OCH3 is 1. The zero-order valence-corrected chi connectivity index (χ0v) is 27.4. The standard InChI is InChI=1S/C33H50N2O6S/c1-10-31(7)16-24(32(8)19(4)11-13-33(20(5)28(31)38)14-12-23(36)27(32)33)41-25(37)17-42-30-34-21(6)26(29(39)40-9)22(35-30)15-18(2)3/h10,18-21,24,27-28,38H,1,11-17H2,2-9H3,(H,34,35)/t19-,20+,21?,24-,27+,28+,31-,32+,33+/m1/s1. The molecule has 0 aromatic heterocycles. The average molecular weight is 603 g/mol. The number of aliphatic hydroxyl groups is 1. The summed E-state index contributed by atoms with van der Waals surface area (Å²) in [5.74, 6) is -0.396. The first-order chi connectivity index (χ1) is 19.6. The van der Waals surface area contributed by atoms with Crippen LogP contribution in [0.2, 0.25) is 0 Å². The summed E-state index contributed by atoms with van der Waals surface area (Å²) in [7, 11) is 1.36. The van der Waals surface area contributed by atoms with Crippen LogP contribution in [0.1, 0.15) is 87.0 Å². The van der Waals surface area contributed by atoms with Crippen molar-refractivity contribution in [3.05, 3.63) is 23.9 Å². The molecule has 0 amide bonds. The molecule has 8 nitrogen and oxygen atoms in total. The molecule has 9 heteroatoms. The highest BCUT2D eigenvalue weighted by Gasteiger charge is 2.68. The predicted molar refractivity (Wildman–Crippen MR) is 166 cm³/mol. The second kappa shape index (κ2) is 12.1. The number of ether oxygens (including phenoxy) is 2. The van der Waals surface area contributed by atoms with Crippen molar-refractivity contribution in [1.29, 1.82) is 0 Å². The van der Waals surface area contributed by atoms with E-state index in [0.29, 0.717) is 35.9 Å². The van der Waals surface area contributed by atoms with Crippen molar-refractivity contribution in [2.45, 2.75) is 105 Å². The molecule has 4 rings (SSSR count). The SMILES string of the molecule is C=C[C@]1(C)C[C@@H](OC(=O)CSC2=NC(C)C(C(=O)OC)=C(CC(C)C)N2)[C@]2(C)[C@H](C)CC[C@]3(CCC(=O)[C@H]32)[C@@H](C)[C@@H]1O. The van der Waals surface area contributed by atoms with Crippen LogP contribution in [0.15, 0.2) is 28.9 Å². The van der Waals surface area contributed by atoms with E-state index in [4.69, 9.17) is 9.47 Å². The third kappa shape index (κ3) is 5.49. The Morgan fingerprint density at radius 3 is 2.55 bits per heavy atom. The molecule has 1 aliphatic heterocycles. The van der Waals surface area contributed by atoms with Gasteiger partial charge >= 0.3 is 11.9 Å². The number of ketones is 1. The Hall–Kier alpha value is -2.13. The molecule has 4 aliphatic rings. The van der Waals surface area contributed by atoms with Crippen LogP contribution < -0.4 is 5.32 Å². The minimum atomic E-state index is -0.700. The second-order valence-electron chi connectivity index (χ2n) is 14.1. The molecule has 2 N–H and O–H groups in total. The molecule has 234 valence electrons. The van der Waals surface area contributed by atoms with E-state index < -0.39 is 35.0 Å². The maximum Gasteiger partial charge on any atom is 0.337 e. The Morgan fingerprint density at radius 1 is 1.24 bits per heavy atom. The number of rotatable bonds is 7. The molecule has 42 heavy (non-hydrogen) atoms. The number of aliphatic imine (C=N–C) groups is 1. The van der Waals surface area contributed by atoms with Crippen molar-refractivity contribution in [2.75, 3.05) is 12.9 Å². The topological polar surface area (TPSA) is 114 Å². The number of amidine groups is 1. The van der Waals surface area contributed by atoms with Crippen LogP contribution in [-0.2, 0) is 23.9 Å². The largest absolute Gasteiger partial charge is 0.466 e. The van der Waals surface area contributed by atoms with E-state index in [2.05, 4.69) is 51.5 Å². The number of esters is 2. The highest BCUT2D eigenvalue weighted by Crippen LogP contribution is 2.68. The molecular formula is C33H50N2O6S. The van der Waals surface area contributed by atoms with E-state index in [0.717, 1.165) is 25.0 Å². The number of allylic oxidation sites excluding steroid dienone is 1. The van der Waals surface area contributed by atoms with Crippen molar-refractivity contribution in [3.8, 4) is 0 Å². The number of hydrogen-bond acceptors (Lipinski definition) is 9. The Bertz CT molecular complexity index is 1180. The maximum absolute atomic E-state index is 13.6. The van der Waals surface area contributed by atoms with Gasteiger partial charge in [0.05, 0.1) is 30.6 Å². The van der Waals surface area contributed by atoms with Crippen LogP contribution in [-0.4, -0.2) is 59.1 Å². The van der Waals surface area contributed by atoms with Gasteiger partial charge in [0, 0.05) is 28.9 Å². The van der Waals surface area contributed by atoms with Gasteiger partial charge in [0.15, 0.2) is 5.17 Å². The van der Waals surface area contributed by atoms with Gasteiger partial charge in [0.2, 0.25) is 0 Å². The summed E-state index contributed by atoms with van der Waals surface area (Å²) >= 11 is 1.25. The van der Waals surface area contributed by atoms with Crippen molar-refractivity contribution in [1.82, 2.24) is 5.32 Å². The van der Waals surface area contributed by atoms with E-state index >= 15 is 0 Å². The number of thioether (sulfide) groups is 1. The summed E-state index contributed by atoms with van der Waals surface area (Å²) in [4.78, 5) is 44.3. The van der Waals surface area contributed by atoms with Gasteiger partial charge in [-0.2, -0.15) is 0 Å². The minimum Gasteiger partial charge on any atom is -0.466 e. The van der Waals surface area contributed by atoms with E-state index in [-0.39, 0.29) is 40.7 Å². The summed E-state index contributed by atoms with van der Waals surface area (Å²) in [6.07, 6.45) is 4.70. The molecule has 3 saturated carbocycles. The third-order valence-corrected chi connectivity index (χ3v) is 12.1. The number of aliphatic hydroxyl groups excluding tert-OH is 1. The smallest absolute Gasteiger partial charge is 0.337 e. The first-order valence-corrected chi connectivity index (χ1v) is 16.5. The van der Waals surface area contributed by atoms with Gasteiger partial charge in [-0.25, -0.2) is 4.79 Å². The van der Waals surface area contributed by atoms with Crippen molar-refractivity contribution < 1.29 is 29.0 Å². The van der Waals surface area contributed by atoms with Gasteiger partial charge in [-0.1, -0.05) is 59.4 Å². The highest BCUT2D eigenvalue weighted by molar-refractivity contribution is 8.14. The molecule has 2 bridgehead atoms. The molecule has 9 atom stereocenters. The first kappa shape index (κ1) is 32.8. The van der Waals surface area contributed by atoms with Gasteiger partial charge in [0.25, 0.3) is 0 Å². The Morgan fingerprint density at radius 2 is 1.93 bits per heavy atom. The lowest BCUT2D eigenvalue weighted by molar-refractivity contribution is -0.205. The summed E-state index contributed by atoms with van der Waals surface area (Å²) < 4.78 is 11.4. The molecular weight excluding hydrogens is 552 g/mol. The quantitative estimate of drug-likeness (QED) is 0.292. The van der Waals surface area contributed by atoms with Crippen LogP contribution in [0.3, 0.4) is 0 Å². The first-order valence-electron chi connectivity index (χ1n) is 15.5. The normalized spacial score (nSPS) is 40.0. The molecule has 0 spiro atoms. The van der Waals surface area contributed by atoms with Gasteiger partial charge in [-0.15, -0.1) is 6.58 Å². The summed E-state index contributed by atoms with van der Waals surface area (Å²) in [5.41, 5.74) is -0.268. The molecule has 3 fully saturated rings. The summed E-state index contributed by atoms with van der Waals surface area (Å²) in [5, 5.41) is 15.5. The number of carbonyl (C=O) groups excluding carboxylic acids is 3. The molecule has 1 unspecified atom stereocenters. The Kier molecular flexibility index (Phi) is 9.44. The molecule has 0 aromatic rings. The Balaban J connectivity index is 1.58. The third-order valence-electron chi connectivity index (χ3n) is 11.2. The van der Waals surface area contributed by atoms with E-state index in [9.17, 15) is 19.5 Å². The van der Waals surface area contributed by atoms with Crippen LogP contribution in [0.4, 0.5) is 0 Å². The summed E-state index contributed by atoms with van der Waals surface area (Å²) in [6.45, 7) is 18.5. The van der Waals surface area contributed by atoms with Gasteiger partial charge < -0.3 is 19.9 Å². The number of nitrogens with one attached hydrogen (secondary N) is 1. The zero-order valence-electron chi connectivity index (χ0n) is 26.6. The second-order valence-corrected chi connectivity index (χ2v) is 15.0. The van der Waals surface area contributed by atoms with E-state index in [1.54, 1.807) is 0 Å². The minimum absolute atomic E-state index is 0.0234. The monoisotopic (exact) mass is 602 g/mol. The summed E-state index contributed by atoms with van der Waals surface area (Å²) in [6, 6.07) is -0.406. The van der Waals surface area contributed by atoms with Gasteiger partial charge in [-0.3, -0.25) is 14.6 Å². The number of Topliss-reactive ketones (excluding diaryl/α,β-unsaturated/α-hetero) is 1.